The van der Waals surface area contributed by atoms with Crippen LogP contribution < -0.4 is 10.1 Å². The van der Waals surface area contributed by atoms with Crippen LogP contribution in [0.5, 0.6) is 5.75 Å². The van der Waals surface area contributed by atoms with Crippen LogP contribution in [0, 0.1) is 0 Å². The van der Waals surface area contributed by atoms with E-state index in [4.69, 9.17) is 4.74 Å². The van der Waals surface area contributed by atoms with Crippen molar-refractivity contribution in [1.29, 1.82) is 0 Å². The Bertz CT molecular complexity index is 1080. The first-order valence-electron chi connectivity index (χ1n) is 11.0. The number of thioether (sulfide) groups is 1. The normalized spacial score (nSPS) is 13.2. The SMILES string of the molecule is CCn1c(COc2ccc3c(c2)CCCC3)nnc1SCC(=O)Nc1nnc(C(C)C)s1. The van der Waals surface area contributed by atoms with Crippen LogP contribution in [-0.2, 0) is 30.8 Å². The lowest BCUT2D eigenvalue weighted by Crippen LogP contribution is -2.14. The van der Waals surface area contributed by atoms with Gasteiger partial charge in [-0.3, -0.25) is 10.1 Å². The predicted molar refractivity (Wildman–Crippen MR) is 126 cm³/mol. The molecule has 0 bridgehead atoms. The lowest BCUT2D eigenvalue weighted by Gasteiger charge is -2.16. The van der Waals surface area contributed by atoms with E-state index in [9.17, 15) is 4.79 Å². The lowest BCUT2D eigenvalue weighted by atomic mass is 9.92. The third-order valence-electron chi connectivity index (χ3n) is 5.31. The zero-order valence-electron chi connectivity index (χ0n) is 18.6. The molecule has 0 atom stereocenters. The number of aromatic nitrogens is 5. The minimum atomic E-state index is -0.140. The summed E-state index contributed by atoms with van der Waals surface area (Å²) in [7, 11) is 0. The highest BCUT2D eigenvalue weighted by molar-refractivity contribution is 7.99. The molecule has 1 amide bonds. The molecule has 1 aliphatic carbocycles. The van der Waals surface area contributed by atoms with Gasteiger partial charge in [0, 0.05) is 12.5 Å². The Kier molecular flexibility index (Phi) is 7.41. The topological polar surface area (TPSA) is 94.8 Å². The quantitative estimate of drug-likeness (QED) is 0.459. The number of carbonyl (C=O) groups excluding carboxylic acids is 1. The summed E-state index contributed by atoms with van der Waals surface area (Å²) in [6.07, 6.45) is 4.79. The molecule has 10 heteroatoms. The first-order valence-corrected chi connectivity index (χ1v) is 12.8. The summed E-state index contributed by atoms with van der Waals surface area (Å²) in [5.41, 5.74) is 2.83. The first-order chi connectivity index (χ1) is 15.5. The van der Waals surface area contributed by atoms with Crippen molar-refractivity contribution in [2.24, 2.45) is 0 Å². The monoisotopic (exact) mass is 472 g/mol. The number of fused-ring (bicyclic) bond motifs is 1. The van der Waals surface area contributed by atoms with E-state index in [0.717, 1.165) is 29.4 Å². The minimum Gasteiger partial charge on any atom is -0.486 e. The average molecular weight is 473 g/mol. The van der Waals surface area contributed by atoms with Crippen LogP contribution in [0.25, 0.3) is 0 Å². The van der Waals surface area contributed by atoms with Gasteiger partial charge in [-0.2, -0.15) is 0 Å². The number of hydrogen-bond acceptors (Lipinski definition) is 8. The Morgan fingerprint density at radius 3 is 2.75 bits per heavy atom. The summed E-state index contributed by atoms with van der Waals surface area (Å²) in [6, 6.07) is 6.37. The molecule has 0 aliphatic heterocycles. The maximum Gasteiger partial charge on any atom is 0.236 e. The van der Waals surface area contributed by atoms with Gasteiger partial charge in [-0.25, -0.2) is 0 Å². The number of rotatable bonds is 9. The molecule has 0 saturated heterocycles. The second-order valence-electron chi connectivity index (χ2n) is 8.01. The molecule has 0 unspecified atom stereocenters. The van der Waals surface area contributed by atoms with Crippen molar-refractivity contribution in [2.45, 2.75) is 70.7 Å². The van der Waals surface area contributed by atoms with Crippen LogP contribution in [0.3, 0.4) is 0 Å². The van der Waals surface area contributed by atoms with Crippen LogP contribution in [0.15, 0.2) is 23.4 Å². The van der Waals surface area contributed by atoms with Crippen molar-refractivity contribution < 1.29 is 9.53 Å². The third-order valence-corrected chi connectivity index (χ3v) is 7.42. The van der Waals surface area contributed by atoms with Gasteiger partial charge in [0.1, 0.15) is 17.4 Å². The fraction of sp³-hybridized carbons (Fsp3) is 0.500. The van der Waals surface area contributed by atoms with Crippen molar-refractivity contribution in [1.82, 2.24) is 25.0 Å². The molecule has 2 heterocycles. The fourth-order valence-corrected chi connectivity index (χ4v) is 5.18. The Balaban J connectivity index is 1.32. The second-order valence-corrected chi connectivity index (χ2v) is 9.96. The number of nitrogens with one attached hydrogen (secondary N) is 1. The largest absolute Gasteiger partial charge is 0.486 e. The number of benzene rings is 1. The number of hydrogen-bond donors (Lipinski definition) is 1. The van der Waals surface area contributed by atoms with Gasteiger partial charge in [-0.1, -0.05) is 43.0 Å². The van der Waals surface area contributed by atoms with E-state index in [2.05, 4.69) is 37.8 Å². The van der Waals surface area contributed by atoms with Crippen molar-refractivity contribution in [3.8, 4) is 5.75 Å². The molecule has 0 spiro atoms. The second kappa shape index (κ2) is 10.4. The number of nitrogens with zero attached hydrogens (tertiary/aromatic N) is 5. The number of aryl methyl sites for hydroxylation is 2. The first kappa shape index (κ1) is 22.7. The summed E-state index contributed by atoms with van der Waals surface area (Å²) in [6.45, 7) is 7.17. The van der Waals surface area contributed by atoms with Crippen LogP contribution in [0.4, 0.5) is 5.13 Å². The molecule has 0 fully saturated rings. The molecule has 1 N–H and O–H groups in total. The number of amides is 1. The summed E-state index contributed by atoms with van der Waals surface area (Å²) in [5, 5.41) is 21.6. The molecule has 0 radical (unpaired) electrons. The number of anilines is 1. The van der Waals surface area contributed by atoms with Gasteiger partial charge in [-0.15, -0.1) is 20.4 Å². The van der Waals surface area contributed by atoms with Crippen molar-refractivity contribution in [2.75, 3.05) is 11.1 Å². The molecule has 2 aromatic heterocycles. The highest BCUT2D eigenvalue weighted by atomic mass is 32.2. The van der Waals surface area contributed by atoms with E-state index in [1.54, 1.807) is 0 Å². The molecular weight excluding hydrogens is 444 g/mol. The molecule has 0 saturated carbocycles. The fourth-order valence-electron chi connectivity index (χ4n) is 3.60. The van der Waals surface area contributed by atoms with Crippen LogP contribution >= 0.6 is 23.1 Å². The van der Waals surface area contributed by atoms with Crippen LogP contribution in [0.2, 0.25) is 0 Å². The predicted octanol–water partition coefficient (Wildman–Crippen LogP) is 4.46. The summed E-state index contributed by atoms with van der Waals surface area (Å²) in [4.78, 5) is 12.3. The maximum absolute atomic E-state index is 12.3. The van der Waals surface area contributed by atoms with Gasteiger partial charge in [0.05, 0.1) is 5.75 Å². The Hall–Kier alpha value is -2.46. The number of ether oxygens (including phenoxy) is 1. The highest BCUT2D eigenvalue weighted by Crippen LogP contribution is 2.26. The highest BCUT2D eigenvalue weighted by Gasteiger charge is 2.16. The molecule has 32 heavy (non-hydrogen) atoms. The lowest BCUT2D eigenvalue weighted by molar-refractivity contribution is -0.113. The third kappa shape index (κ3) is 5.47. The van der Waals surface area contributed by atoms with E-state index < -0.39 is 0 Å². The van der Waals surface area contributed by atoms with Gasteiger partial charge in [-0.05, 0) is 55.9 Å². The molecule has 1 aromatic carbocycles. The Morgan fingerprint density at radius 1 is 1.19 bits per heavy atom. The molecule has 170 valence electrons. The van der Waals surface area contributed by atoms with Crippen LogP contribution in [-0.4, -0.2) is 36.6 Å². The van der Waals surface area contributed by atoms with E-state index in [0.29, 0.717) is 23.4 Å². The van der Waals surface area contributed by atoms with Gasteiger partial charge in [0.15, 0.2) is 11.0 Å². The average Bonchev–Trinajstić information content (AvgIpc) is 3.42. The van der Waals surface area contributed by atoms with Crippen molar-refractivity contribution in [3.05, 3.63) is 40.2 Å². The molecule has 1 aliphatic rings. The molecule has 3 aromatic rings. The summed E-state index contributed by atoms with van der Waals surface area (Å²) < 4.78 is 8.00. The van der Waals surface area contributed by atoms with Gasteiger partial charge in [0.25, 0.3) is 0 Å². The number of carbonyl (C=O) groups is 1. The van der Waals surface area contributed by atoms with Crippen molar-refractivity contribution >= 4 is 34.1 Å². The van der Waals surface area contributed by atoms with Gasteiger partial charge >= 0.3 is 0 Å². The molecule has 8 nitrogen and oxygen atoms in total. The maximum atomic E-state index is 12.3. The minimum absolute atomic E-state index is 0.140. The smallest absolute Gasteiger partial charge is 0.236 e. The molecule has 4 rings (SSSR count). The van der Waals surface area contributed by atoms with Gasteiger partial charge < -0.3 is 9.30 Å². The van der Waals surface area contributed by atoms with E-state index in [-0.39, 0.29) is 17.6 Å². The zero-order chi connectivity index (χ0) is 22.5. The Labute approximate surface area is 196 Å². The summed E-state index contributed by atoms with van der Waals surface area (Å²) >= 11 is 2.75. The van der Waals surface area contributed by atoms with E-state index >= 15 is 0 Å². The zero-order valence-corrected chi connectivity index (χ0v) is 20.3. The van der Waals surface area contributed by atoms with Crippen LogP contribution in [0.1, 0.15) is 61.5 Å². The van der Waals surface area contributed by atoms with E-state index in [1.165, 1.54) is 47.1 Å². The summed E-state index contributed by atoms with van der Waals surface area (Å²) in [5.74, 6) is 1.98. The van der Waals surface area contributed by atoms with Gasteiger partial charge in [0.2, 0.25) is 11.0 Å². The van der Waals surface area contributed by atoms with Crippen molar-refractivity contribution in [3.63, 3.8) is 0 Å². The molecular formula is C22H28N6O2S2. The standard InChI is InChI=1S/C22H28N6O2S2/c1-4-28-18(12-30-17-10-9-15-7-5-6-8-16(15)11-17)24-27-22(28)31-13-19(29)23-21-26-25-20(32-21)14(2)3/h9-11,14H,4-8,12-13H2,1-3H3,(H,23,26,29). The van der Waals surface area contributed by atoms with E-state index in [1.807, 2.05) is 31.4 Å². The Morgan fingerprint density at radius 2 is 2.00 bits per heavy atom.